The maximum atomic E-state index is 12.0. The number of imidazole rings is 1. The van der Waals surface area contributed by atoms with Crippen LogP contribution in [0.25, 0.3) is 5.65 Å². The van der Waals surface area contributed by atoms with Crippen molar-refractivity contribution in [2.24, 2.45) is 0 Å². The van der Waals surface area contributed by atoms with E-state index in [9.17, 15) is 4.79 Å². The van der Waals surface area contributed by atoms with Crippen molar-refractivity contribution in [3.63, 3.8) is 0 Å². The Kier molecular flexibility index (Phi) is 3.00. The number of pyridine rings is 2. The van der Waals surface area contributed by atoms with Crippen LogP contribution >= 0.6 is 15.9 Å². The monoisotopic (exact) mass is 316 g/mol. The van der Waals surface area contributed by atoms with Gasteiger partial charge in [0.05, 0.1) is 11.9 Å². The number of carbonyl (C=O) groups is 1. The summed E-state index contributed by atoms with van der Waals surface area (Å²) in [6.45, 7) is 0. The van der Waals surface area contributed by atoms with E-state index in [1.165, 1.54) is 0 Å². The van der Waals surface area contributed by atoms with Gasteiger partial charge in [-0.3, -0.25) is 14.2 Å². The number of amides is 1. The molecule has 0 saturated heterocycles. The van der Waals surface area contributed by atoms with Gasteiger partial charge in [0.25, 0.3) is 5.91 Å². The summed E-state index contributed by atoms with van der Waals surface area (Å²) in [6.07, 6.45) is 6.70. The molecule has 0 aliphatic rings. The van der Waals surface area contributed by atoms with Crippen LogP contribution in [0.3, 0.4) is 0 Å². The zero-order valence-electron chi connectivity index (χ0n) is 9.75. The van der Waals surface area contributed by atoms with Gasteiger partial charge in [0, 0.05) is 24.2 Å². The van der Waals surface area contributed by atoms with Crippen molar-refractivity contribution in [3.8, 4) is 0 Å². The second-order valence-corrected chi connectivity index (χ2v) is 4.73. The largest absolute Gasteiger partial charge is 0.321 e. The lowest BCUT2D eigenvalue weighted by Gasteiger charge is -2.06. The Morgan fingerprint density at radius 2 is 2.00 bits per heavy atom. The van der Waals surface area contributed by atoms with E-state index in [0.29, 0.717) is 11.3 Å². The van der Waals surface area contributed by atoms with Crippen LogP contribution in [0.1, 0.15) is 10.4 Å². The minimum atomic E-state index is -0.169. The third-order valence-corrected chi connectivity index (χ3v) is 3.25. The molecule has 3 aromatic heterocycles. The number of fused-ring (bicyclic) bond motifs is 1. The number of halogens is 1. The molecule has 3 aromatic rings. The summed E-state index contributed by atoms with van der Waals surface area (Å²) in [7, 11) is 0. The number of carbonyl (C=O) groups excluding carboxylic acids is 1. The number of rotatable bonds is 2. The van der Waals surface area contributed by atoms with Crippen molar-refractivity contribution < 1.29 is 4.79 Å². The first kappa shape index (κ1) is 11.9. The summed E-state index contributed by atoms with van der Waals surface area (Å²) < 4.78 is 2.69. The van der Waals surface area contributed by atoms with Gasteiger partial charge in [-0.05, 0) is 40.2 Å². The summed E-state index contributed by atoms with van der Waals surface area (Å²) >= 11 is 3.39. The smallest absolute Gasteiger partial charge is 0.255 e. The number of nitrogens with one attached hydrogen (secondary N) is 1. The van der Waals surface area contributed by atoms with Gasteiger partial charge < -0.3 is 5.32 Å². The highest BCUT2D eigenvalue weighted by atomic mass is 79.9. The van der Waals surface area contributed by atoms with E-state index >= 15 is 0 Å². The van der Waals surface area contributed by atoms with Crippen molar-refractivity contribution in [1.29, 1.82) is 0 Å². The van der Waals surface area contributed by atoms with Gasteiger partial charge in [-0.25, -0.2) is 4.98 Å². The van der Waals surface area contributed by atoms with Crippen LogP contribution in [0.15, 0.2) is 53.7 Å². The van der Waals surface area contributed by atoms with Crippen molar-refractivity contribution in [1.82, 2.24) is 14.4 Å². The van der Waals surface area contributed by atoms with E-state index in [2.05, 4.69) is 31.2 Å². The van der Waals surface area contributed by atoms with E-state index in [1.807, 2.05) is 22.7 Å². The van der Waals surface area contributed by atoms with Crippen LogP contribution in [-0.2, 0) is 0 Å². The average Bonchev–Trinajstić information content (AvgIpc) is 2.81. The number of hydrogen-bond acceptors (Lipinski definition) is 3. The first-order chi connectivity index (χ1) is 9.24. The summed E-state index contributed by atoms with van der Waals surface area (Å²) in [5.41, 5.74) is 2.08. The lowest BCUT2D eigenvalue weighted by atomic mass is 10.2. The third-order valence-electron chi connectivity index (χ3n) is 2.66. The highest BCUT2D eigenvalue weighted by molar-refractivity contribution is 9.10. The van der Waals surface area contributed by atoms with Gasteiger partial charge in [-0.2, -0.15) is 0 Å². The molecule has 94 valence electrons. The molecule has 5 nitrogen and oxygen atoms in total. The van der Waals surface area contributed by atoms with Crippen LogP contribution in [0.5, 0.6) is 0 Å². The Labute approximate surface area is 117 Å². The molecule has 0 aromatic carbocycles. The highest BCUT2D eigenvalue weighted by Crippen LogP contribution is 2.17. The average molecular weight is 317 g/mol. The highest BCUT2D eigenvalue weighted by Gasteiger charge is 2.07. The fourth-order valence-corrected chi connectivity index (χ4v) is 2.12. The quantitative estimate of drug-likeness (QED) is 0.790. The topological polar surface area (TPSA) is 59.3 Å². The molecule has 3 heterocycles. The van der Waals surface area contributed by atoms with Gasteiger partial charge in [-0.1, -0.05) is 0 Å². The fourth-order valence-electron chi connectivity index (χ4n) is 1.73. The zero-order chi connectivity index (χ0) is 13.2. The SMILES string of the molecule is O=C(Nc1ccc2ncc(Br)n2c1)c1ccncc1. The van der Waals surface area contributed by atoms with Crippen molar-refractivity contribution in [2.45, 2.75) is 0 Å². The number of nitrogens with zero attached hydrogens (tertiary/aromatic N) is 3. The standard InChI is InChI=1S/C13H9BrN4O/c14-11-7-16-12-2-1-10(8-18(11)12)17-13(19)9-3-5-15-6-4-9/h1-8H,(H,17,19). The minimum Gasteiger partial charge on any atom is -0.321 e. The van der Waals surface area contributed by atoms with Gasteiger partial charge in [0.2, 0.25) is 0 Å². The number of anilines is 1. The Morgan fingerprint density at radius 1 is 1.21 bits per heavy atom. The predicted molar refractivity (Wildman–Crippen MR) is 75.1 cm³/mol. The lowest BCUT2D eigenvalue weighted by Crippen LogP contribution is -2.12. The second-order valence-electron chi connectivity index (χ2n) is 3.92. The van der Waals surface area contributed by atoms with Gasteiger partial charge in [0.15, 0.2) is 0 Å². The van der Waals surface area contributed by atoms with Crippen LogP contribution in [0.4, 0.5) is 5.69 Å². The fraction of sp³-hybridized carbons (Fsp3) is 0. The van der Waals surface area contributed by atoms with Gasteiger partial charge in [0.1, 0.15) is 10.3 Å². The van der Waals surface area contributed by atoms with Crippen molar-refractivity contribution in [3.05, 3.63) is 59.2 Å². The van der Waals surface area contributed by atoms with Crippen LogP contribution in [0, 0.1) is 0 Å². The molecule has 6 heteroatoms. The Morgan fingerprint density at radius 3 is 2.79 bits per heavy atom. The molecule has 1 amide bonds. The maximum absolute atomic E-state index is 12.0. The summed E-state index contributed by atoms with van der Waals surface area (Å²) in [5.74, 6) is -0.169. The molecular weight excluding hydrogens is 308 g/mol. The molecule has 1 N–H and O–H groups in total. The van der Waals surface area contributed by atoms with Crippen LogP contribution in [-0.4, -0.2) is 20.3 Å². The lowest BCUT2D eigenvalue weighted by molar-refractivity contribution is 0.102. The molecular formula is C13H9BrN4O. The third kappa shape index (κ3) is 2.34. The Hall–Kier alpha value is -2.21. The molecule has 0 spiro atoms. The second kappa shape index (κ2) is 4.81. The Balaban J connectivity index is 1.89. The Bertz CT molecular complexity index is 739. The maximum Gasteiger partial charge on any atom is 0.255 e. The van der Waals surface area contributed by atoms with Crippen LogP contribution < -0.4 is 5.32 Å². The van der Waals surface area contributed by atoms with E-state index < -0.39 is 0 Å². The molecule has 0 aliphatic carbocycles. The van der Waals surface area contributed by atoms with E-state index in [1.54, 1.807) is 30.7 Å². The van der Waals surface area contributed by atoms with Crippen LogP contribution in [0.2, 0.25) is 0 Å². The summed E-state index contributed by atoms with van der Waals surface area (Å²) in [4.78, 5) is 20.1. The van der Waals surface area contributed by atoms with E-state index in [-0.39, 0.29) is 5.91 Å². The first-order valence-electron chi connectivity index (χ1n) is 5.58. The molecule has 19 heavy (non-hydrogen) atoms. The molecule has 0 unspecified atom stereocenters. The van der Waals surface area contributed by atoms with Crippen molar-refractivity contribution >= 4 is 33.2 Å². The van der Waals surface area contributed by atoms with E-state index in [4.69, 9.17) is 0 Å². The molecule has 0 bridgehead atoms. The molecule has 0 atom stereocenters. The number of aromatic nitrogens is 3. The van der Waals surface area contributed by atoms with Gasteiger partial charge >= 0.3 is 0 Å². The van der Waals surface area contributed by atoms with Crippen molar-refractivity contribution in [2.75, 3.05) is 5.32 Å². The zero-order valence-corrected chi connectivity index (χ0v) is 11.3. The molecule has 0 radical (unpaired) electrons. The molecule has 0 fully saturated rings. The predicted octanol–water partition coefficient (Wildman–Crippen LogP) is 2.74. The molecule has 0 aliphatic heterocycles. The molecule has 3 rings (SSSR count). The normalized spacial score (nSPS) is 10.6. The summed E-state index contributed by atoms with van der Waals surface area (Å²) in [5, 5.41) is 2.83. The number of hydrogen-bond donors (Lipinski definition) is 1. The minimum absolute atomic E-state index is 0.169. The van der Waals surface area contributed by atoms with E-state index in [0.717, 1.165) is 10.3 Å². The summed E-state index contributed by atoms with van der Waals surface area (Å²) in [6, 6.07) is 6.99. The first-order valence-corrected chi connectivity index (χ1v) is 6.37. The van der Waals surface area contributed by atoms with Gasteiger partial charge in [-0.15, -0.1) is 0 Å². The molecule has 0 saturated carbocycles.